The number of nitrogens with zero attached hydrogens (tertiary/aromatic N) is 1. The first kappa shape index (κ1) is 19.6. The summed E-state index contributed by atoms with van der Waals surface area (Å²) < 4.78 is 11.8. The Hall–Kier alpha value is -1.71. The average molecular weight is 378 g/mol. The van der Waals surface area contributed by atoms with Crippen LogP contribution in [-0.4, -0.2) is 40.1 Å². The lowest BCUT2D eigenvalue weighted by Crippen LogP contribution is -2.34. The van der Waals surface area contributed by atoms with E-state index in [1.165, 1.54) is 11.8 Å². The van der Waals surface area contributed by atoms with Crippen molar-refractivity contribution in [2.75, 3.05) is 19.8 Å². The van der Waals surface area contributed by atoms with Gasteiger partial charge in [0.15, 0.2) is 11.5 Å². The first-order chi connectivity index (χ1) is 12.0. The van der Waals surface area contributed by atoms with Crippen molar-refractivity contribution in [2.45, 2.75) is 32.4 Å². The lowest BCUT2D eigenvalue weighted by Gasteiger charge is -2.18. The molecule has 0 spiro atoms. The van der Waals surface area contributed by atoms with Crippen LogP contribution >= 0.6 is 24.0 Å². The van der Waals surface area contributed by atoms with E-state index in [-0.39, 0.29) is 17.8 Å². The van der Waals surface area contributed by atoms with Crippen molar-refractivity contribution in [2.24, 2.45) is 5.92 Å². The molecule has 2 rings (SSSR count). The number of benzene rings is 1. The highest BCUT2D eigenvalue weighted by Gasteiger charge is 2.37. The molecule has 1 aromatic carbocycles. The zero-order valence-electron chi connectivity index (χ0n) is 14.8. The summed E-state index contributed by atoms with van der Waals surface area (Å²) in [6.45, 7) is 7.46. The van der Waals surface area contributed by atoms with Crippen LogP contribution in [-0.2, 0) is 11.2 Å². The minimum absolute atomic E-state index is 0.0920. The molecule has 1 aliphatic rings. The second-order valence-corrected chi connectivity index (χ2v) is 7.96. The van der Waals surface area contributed by atoms with Gasteiger partial charge in [-0.1, -0.05) is 49.8 Å². The largest absolute Gasteiger partial charge is 0.490 e. The van der Waals surface area contributed by atoms with Crippen LogP contribution in [0.25, 0.3) is 0 Å². The predicted molar refractivity (Wildman–Crippen MR) is 106 cm³/mol. The van der Waals surface area contributed by atoms with Crippen LogP contribution in [0.15, 0.2) is 18.2 Å². The monoisotopic (exact) mass is 377 g/mol. The maximum absolute atomic E-state index is 12.6. The van der Waals surface area contributed by atoms with E-state index in [1.54, 1.807) is 4.90 Å². The van der Waals surface area contributed by atoms with Crippen molar-refractivity contribution in [3.05, 3.63) is 23.8 Å². The van der Waals surface area contributed by atoms with E-state index < -0.39 is 0 Å². The number of hydrogen-bond acceptors (Lipinski definition) is 5. The lowest BCUT2D eigenvalue weighted by atomic mass is 10.1. The topological polar surface area (TPSA) is 38.8 Å². The standard InChI is InChI=1S/C19H23NO3S2/c1-5-9-23-15-8-7-14(10-16(15)22-6-2)11-17-18(21)20(12-13(3)4)19(24)25-17/h1,7-8,10,13,17H,6,9,11-12H2,2-4H3/t17-/m0/s1. The van der Waals surface area contributed by atoms with Crippen LogP contribution in [0.4, 0.5) is 0 Å². The van der Waals surface area contributed by atoms with Gasteiger partial charge in [0, 0.05) is 6.54 Å². The summed E-state index contributed by atoms with van der Waals surface area (Å²) in [4.78, 5) is 14.3. The Morgan fingerprint density at radius 3 is 2.76 bits per heavy atom. The number of ether oxygens (including phenoxy) is 2. The van der Waals surface area contributed by atoms with E-state index in [9.17, 15) is 4.79 Å². The number of carbonyl (C=O) groups excluding carboxylic acids is 1. The molecule has 1 aliphatic heterocycles. The van der Waals surface area contributed by atoms with Crippen LogP contribution in [0, 0.1) is 18.3 Å². The van der Waals surface area contributed by atoms with E-state index >= 15 is 0 Å². The Morgan fingerprint density at radius 1 is 1.36 bits per heavy atom. The quantitative estimate of drug-likeness (QED) is 0.512. The summed E-state index contributed by atoms with van der Waals surface area (Å²) >= 11 is 6.83. The van der Waals surface area contributed by atoms with E-state index in [2.05, 4.69) is 19.8 Å². The van der Waals surface area contributed by atoms with Crippen LogP contribution in [0.1, 0.15) is 26.3 Å². The van der Waals surface area contributed by atoms with Gasteiger partial charge in [-0.15, -0.1) is 6.42 Å². The Labute approximate surface area is 159 Å². The van der Waals surface area contributed by atoms with Crippen molar-refractivity contribution >= 4 is 34.2 Å². The molecule has 1 fully saturated rings. The molecule has 0 unspecified atom stereocenters. The third-order valence-corrected chi connectivity index (χ3v) is 5.18. The Morgan fingerprint density at radius 2 is 2.12 bits per heavy atom. The normalized spacial score (nSPS) is 17.1. The highest BCUT2D eigenvalue weighted by molar-refractivity contribution is 8.24. The summed E-state index contributed by atoms with van der Waals surface area (Å²) in [7, 11) is 0. The average Bonchev–Trinajstić information content (AvgIpc) is 2.81. The molecule has 6 heteroatoms. The molecular weight excluding hydrogens is 354 g/mol. The van der Waals surface area contributed by atoms with Gasteiger partial charge >= 0.3 is 0 Å². The summed E-state index contributed by atoms with van der Waals surface area (Å²) in [6, 6.07) is 5.69. The minimum atomic E-state index is -0.182. The zero-order chi connectivity index (χ0) is 18.4. The third kappa shape index (κ3) is 5.13. The molecule has 1 atom stereocenters. The number of hydrogen-bond donors (Lipinski definition) is 0. The van der Waals surface area contributed by atoms with Gasteiger partial charge in [0.2, 0.25) is 5.91 Å². The van der Waals surface area contributed by atoms with Crippen molar-refractivity contribution in [3.8, 4) is 23.8 Å². The molecule has 134 valence electrons. The van der Waals surface area contributed by atoms with E-state index in [0.29, 0.717) is 41.3 Å². The molecule has 0 radical (unpaired) electrons. The first-order valence-electron chi connectivity index (χ1n) is 8.30. The first-order valence-corrected chi connectivity index (χ1v) is 9.59. The molecule has 1 saturated heterocycles. The van der Waals surface area contributed by atoms with Gasteiger partial charge < -0.3 is 9.47 Å². The van der Waals surface area contributed by atoms with Crippen molar-refractivity contribution in [3.63, 3.8) is 0 Å². The summed E-state index contributed by atoms with van der Waals surface area (Å²) in [5.74, 6) is 4.19. The van der Waals surface area contributed by atoms with Crippen molar-refractivity contribution in [1.82, 2.24) is 4.90 Å². The molecule has 0 saturated carbocycles. The van der Waals surface area contributed by atoms with Crippen LogP contribution in [0.2, 0.25) is 0 Å². The number of terminal acetylenes is 1. The van der Waals surface area contributed by atoms with E-state index in [1.807, 2.05) is 25.1 Å². The van der Waals surface area contributed by atoms with Gasteiger partial charge in [0.05, 0.1) is 11.9 Å². The summed E-state index contributed by atoms with van der Waals surface area (Å²) in [5, 5.41) is -0.182. The van der Waals surface area contributed by atoms with Gasteiger partial charge in [-0.25, -0.2) is 0 Å². The molecule has 1 amide bonds. The molecule has 0 N–H and O–H groups in total. The maximum atomic E-state index is 12.6. The number of thioether (sulfide) groups is 1. The van der Waals surface area contributed by atoms with Crippen LogP contribution < -0.4 is 9.47 Å². The molecule has 0 aromatic heterocycles. The second-order valence-electron chi connectivity index (χ2n) is 6.13. The van der Waals surface area contributed by atoms with Crippen molar-refractivity contribution < 1.29 is 14.3 Å². The van der Waals surface area contributed by atoms with E-state index in [0.717, 1.165) is 5.56 Å². The molecular formula is C19H23NO3S2. The third-order valence-electron chi connectivity index (χ3n) is 3.59. The summed E-state index contributed by atoms with van der Waals surface area (Å²) in [5.41, 5.74) is 1.01. The number of amides is 1. The predicted octanol–water partition coefficient (Wildman–Crippen LogP) is 3.52. The van der Waals surface area contributed by atoms with Gasteiger partial charge in [-0.05, 0) is 37.0 Å². The molecule has 0 aliphatic carbocycles. The molecule has 25 heavy (non-hydrogen) atoms. The zero-order valence-corrected chi connectivity index (χ0v) is 16.4. The fourth-order valence-corrected chi connectivity index (χ4v) is 4.11. The number of rotatable bonds is 8. The van der Waals surface area contributed by atoms with Gasteiger partial charge in [-0.3, -0.25) is 9.69 Å². The Balaban J connectivity index is 2.12. The second kappa shape index (κ2) is 9.12. The maximum Gasteiger partial charge on any atom is 0.241 e. The fraction of sp³-hybridized carbons (Fsp3) is 0.474. The Kier molecular flexibility index (Phi) is 7.15. The highest BCUT2D eigenvalue weighted by Crippen LogP contribution is 2.33. The van der Waals surface area contributed by atoms with E-state index in [4.69, 9.17) is 28.1 Å². The molecule has 1 heterocycles. The van der Waals surface area contributed by atoms with Crippen LogP contribution in [0.3, 0.4) is 0 Å². The molecule has 0 bridgehead atoms. The minimum Gasteiger partial charge on any atom is -0.490 e. The highest BCUT2D eigenvalue weighted by atomic mass is 32.2. The molecule has 4 nitrogen and oxygen atoms in total. The lowest BCUT2D eigenvalue weighted by molar-refractivity contribution is -0.126. The smallest absolute Gasteiger partial charge is 0.241 e. The van der Waals surface area contributed by atoms with Crippen molar-refractivity contribution in [1.29, 1.82) is 0 Å². The number of carbonyl (C=O) groups is 1. The molecule has 1 aromatic rings. The van der Waals surface area contributed by atoms with Gasteiger partial charge in [-0.2, -0.15) is 0 Å². The summed E-state index contributed by atoms with van der Waals surface area (Å²) in [6.07, 6.45) is 5.85. The fourth-order valence-electron chi connectivity index (χ4n) is 2.56. The SMILES string of the molecule is C#CCOc1ccc(C[C@@H]2SC(=S)N(CC(C)C)C2=O)cc1OCC. The van der Waals surface area contributed by atoms with Gasteiger partial charge in [0.25, 0.3) is 0 Å². The number of thiocarbonyl (C=S) groups is 1. The van der Waals surface area contributed by atoms with Crippen LogP contribution in [0.5, 0.6) is 11.5 Å². The van der Waals surface area contributed by atoms with Gasteiger partial charge in [0.1, 0.15) is 10.9 Å². The Bertz CT molecular complexity index is 682.